The van der Waals surface area contributed by atoms with E-state index in [1.165, 1.54) is 25.7 Å². The van der Waals surface area contributed by atoms with Gasteiger partial charge < -0.3 is 9.67 Å². The van der Waals surface area contributed by atoms with Crippen LogP contribution in [-0.2, 0) is 6.54 Å². The predicted molar refractivity (Wildman–Crippen MR) is 79.8 cm³/mol. The third-order valence-electron chi connectivity index (χ3n) is 4.00. The number of hydrogen-bond donors (Lipinski definition) is 1. The summed E-state index contributed by atoms with van der Waals surface area (Å²) in [5, 5.41) is 9.13. The van der Waals surface area contributed by atoms with Gasteiger partial charge in [0.2, 0.25) is 0 Å². The highest BCUT2D eigenvalue weighted by Crippen LogP contribution is 2.30. The van der Waals surface area contributed by atoms with Crippen LogP contribution in [0.5, 0.6) is 0 Å². The number of carbonyl (C=O) groups is 1. The van der Waals surface area contributed by atoms with Crippen LogP contribution in [0, 0.1) is 15.4 Å². The average molecular weight is 361 g/mol. The molecule has 18 heavy (non-hydrogen) atoms. The summed E-state index contributed by atoms with van der Waals surface area (Å²) in [6.45, 7) is 3.16. The van der Waals surface area contributed by atoms with Crippen LogP contribution in [0.4, 0.5) is 0 Å². The van der Waals surface area contributed by atoms with Gasteiger partial charge >= 0.3 is 5.97 Å². The molecule has 2 rings (SSSR count). The van der Waals surface area contributed by atoms with Crippen molar-refractivity contribution in [2.45, 2.75) is 45.6 Å². The van der Waals surface area contributed by atoms with Gasteiger partial charge in [-0.1, -0.05) is 32.6 Å². The lowest BCUT2D eigenvalue weighted by atomic mass is 9.81. The van der Waals surface area contributed by atoms with Crippen LogP contribution in [0.15, 0.2) is 12.3 Å². The fraction of sp³-hybridized carbons (Fsp3) is 0.643. The van der Waals surface area contributed by atoms with Crippen molar-refractivity contribution in [2.75, 3.05) is 0 Å². The maximum absolute atomic E-state index is 11.1. The van der Waals surface area contributed by atoms with Crippen molar-refractivity contribution in [1.29, 1.82) is 0 Å². The zero-order chi connectivity index (χ0) is 13.1. The third kappa shape index (κ3) is 3.49. The summed E-state index contributed by atoms with van der Waals surface area (Å²) in [5.74, 6) is 0.835. The molecule has 1 aromatic heterocycles. The van der Waals surface area contributed by atoms with Crippen molar-refractivity contribution in [3.63, 3.8) is 0 Å². The number of aromatic nitrogens is 1. The predicted octanol–water partition coefficient (Wildman–Crippen LogP) is 4.01. The van der Waals surface area contributed by atoms with Gasteiger partial charge in [-0.2, -0.15) is 0 Å². The molecule has 0 radical (unpaired) electrons. The summed E-state index contributed by atoms with van der Waals surface area (Å²) in [4.78, 5) is 11.1. The van der Waals surface area contributed by atoms with E-state index in [9.17, 15) is 4.79 Å². The number of hydrogen-bond acceptors (Lipinski definition) is 1. The number of carboxylic acid groups (broad SMARTS) is 1. The Kier molecular flexibility index (Phi) is 4.70. The molecule has 1 saturated carbocycles. The lowest BCUT2D eigenvalue weighted by molar-refractivity contribution is 0.0684. The molecular formula is C14H20INO2. The average Bonchev–Trinajstić information content (AvgIpc) is 2.70. The van der Waals surface area contributed by atoms with E-state index in [1.54, 1.807) is 6.07 Å². The normalized spacial score (nSPS) is 24.1. The molecule has 0 unspecified atom stereocenters. The second-order valence-corrected chi connectivity index (χ2v) is 6.70. The molecule has 0 aromatic carbocycles. The molecule has 1 heterocycles. The van der Waals surface area contributed by atoms with E-state index >= 15 is 0 Å². The number of aromatic carboxylic acids is 1. The van der Waals surface area contributed by atoms with E-state index in [0.29, 0.717) is 5.69 Å². The van der Waals surface area contributed by atoms with Gasteiger partial charge in [0.25, 0.3) is 0 Å². The molecule has 1 aromatic rings. The second kappa shape index (κ2) is 6.08. The Morgan fingerprint density at radius 2 is 2.11 bits per heavy atom. The highest BCUT2D eigenvalue weighted by atomic mass is 127. The van der Waals surface area contributed by atoms with Crippen LogP contribution in [0.25, 0.3) is 0 Å². The monoisotopic (exact) mass is 361 g/mol. The van der Waals surface area contributed by atoms with Crippen LogP contribution in [-0.4, -0.2) is 15.6 Å². The molecule has 1 N–H and O–H groups in total. The van der Waals surface area contributed by atoms with Gasteiger partial charge in [-0.3, -0.25) is 0 Å². The summed E-state index contributed by atoms with van der Waals surface area (Å²) in [5.41, 5.74) is 0.420. The van der Waals surface area contributed by atoms with E-state index in [1.807, 2.05) is 10.8 Å². The molecule has 0 saturated heterocycles. The summed E-state index contributed by atoms with van der Waals surface area (Å²) in [6.07, 6.45) is 8.33. The molecule has 0 amide bonds. The maximum Gasteiger partial charge on any atom is 0.352 e. The molecule has 0 bridgehead atoms. The molecule has 1 aliphatic carbocycles. The number of carboxylic acids is 1. The Morgan fingerprint density at radius 1 is 1.44 bits per heavy atom. The number of aryl methyl sites for hydroxylation is 1. The Bertz CT molecular complexity index is 419. The minimum atomic E-state index is -0.824. The Labute approximate surface area is 122 Å². The molecular weight excluding hydrogens is 341 g/mol. The summed E-state index contributed by atoms with van der Waals surface area (Å²) >= 11 is 2.17. The quantitative estimate of drug-likeness (QED) is 0.824. The number of nitrogens with zero attached hydrogens (tertiary/aromatic N) is 1. The van der Waals surface area contributed by atoms with E-state index < -0.39 is 5.97 Å². The van der Waals surface area contributed by atoms with Gasteiger partial charge in [-0.05, 0) is 46.9 Å². The van der Waals surface area contributed by atoms with Crippen molar-refractivity contribution in [2.24, 2.45) is 11.8 Å². The molecule has 1 fully saturated rings. The van der Waals surface area contributed by atoms with Crippen molar-refractivity contribution < 1.29 is 9.90 Å². The lowest BCUT2D eigenvalue weighted by Gasteiger charge is -2.26. The zero-order valence-electron chi connectivity index (χ0n) is 10.7. The van der Waals surface area contributed by atoms with Gasteiger partial charge in [0.05, 0.1) is 0 Å². The minimum Gasteiger partial charge on any atom is -0.477 e. The van der Waals surface area contributed by atoms with E-state index in [-0.39, 0.29) is 0 Å². The second-order valence-electron chi connectivity index (χ2n) is 5.46. The largest absolute Gasteiger partial charge is 0.477 e. The summed E-state index contributed by atoms with van der Waals surface area (Å²) < 4.78 is 2.89. The van der Waals surface area contributed by atoms with Gasteiger partial charge in [0.15, 0.2) is 0 Å². The van der Waals surface area contributed by atoms with Crippen molar-refractivity contribution in [1.82, 2.24) is 4.57 Å². The SMILES string of the molecule is CC1CCC(CCn2cc(I)cc2C(=O)O)CC1. The smallest absolute Gasteiger partial charge is 0.352 e. The molecule has 0 aliphatic heterocycles. The topological polar surface area (TPSA) is 42.2 Å². The van der Waals surface area contributed by atoms with Gasteiger partial charge in [0, 0.05) is 16.3 Å². The van der Waals surface area contributed by atoms with Crippen LogP contribution in [0.1, 0.15) is 49.5 Å². The molecule has 4 heteroatoms. The fourth-order valence-corrected chi connectivity index (χ4v) is 3.41. The van der Waals surface area contributed by atoms with E-state index in [4.69, 9.17) is 5.11 Å². The fourth-order valence-electron chi connectivity index (χ4n) is 2.78. The summed E-state index contributed by atoms with van der Waals surface area (Å²) in [6, 6.07) is 1.74. The van der Waals surface area contributed by atoms with Crippen LogP contribution in [0.2, 0.25) is 0 Å². The van der Waals surface area contributed by atoms with E-state index in [0.717, 1.165) is 28.4 Å². The van der Waals surface area contributed by atoms with Crippen molar-refractivity contribution in [3.05, 3.63) is 21.5 Å². The molecule has 100 valence electrons. The highest BCUT2D eigenvalue weighted by molar-refractivity contribution is 14.1. The Morgan fingerprint density at radius 3 is 2.72 bits per heavy atom. The van der Waals surface area contributed by atoms with Crippen LogP contribution < -0.4 is 0 Å². The van der Waals surface area contributed by atoms with Gasteiger partial charge in [0.1, 0.15) is 5.69 Å². The van der Waals surface area contributed by atoms with Crippen LogP contribution >= 0.6 is 22.6 Å². The number of rotatable bonds is 4. The van der Waals surface area contributed by atoms with Crippen molar-refractivity contribution >= 4 is 28.6 Å². The first-order chi connectivity index (χ1) is 8.56. The molecule has 0 atom stereocenters. The Hall–Kier alpha value is -0.520. The van der Waals surface area contributed by atoms with Crippen molar-refractivity contribution in [3.8, 4) is 0 Å². The van der Waals surface area contributed by atoms with Gasteiger partial charge in [-0.25, -0.2) is 4.79 Å². The van der Waals surface area contributed by atoms with Crippen LogP contribution in [0.3, 0.4) is 0 Å². The first-order valence-electron chi connectivity index (χ1n) is 6.65. The molecule has 1 aliphatic rings. The Balaban J connectivity index is 1.92. The third-order valence-corrected chi connectivity index (χ3v) is 4.59. The lowest BCUT2D eigenvalue weighted by Crippen LogP contribution is -2.15. The maximum atomic E-state index is 11.1. The number of halogens is 1. The highest BCUT2D eigenvalue weighted by Gasteiger charge is 2.19. The standard InChI is InChI=1S/C14H20INO2/c1-10-2-4-11(5-3-10)6-7-16-9-12(15)8-13(16)14(17)18/h8-11H,2-7H2,1H3,(H,17,18). The van der Waals surface area contributed by atoms with Gasteiger partial charge in [-0.15, -0.1) is 0 Å². The molecule has 3 nitrogen and oxygen atoms in total. The first kappa shape index (κ1) is 13.9. The first-order valence-corrected chi connectivity index (χ1v) is 7.73. The zero-order valence-corrected chi connectivity index (χ0v) is 12.9. The van der Waals surface area contributed by atoms with E-state index in [2.05, 4.69) is 29.5 Å². The minimum absolute atomic E-state index is 0.420. The summed E-state index contributed by atoms with van der Waals surface area (Å²) in [7, 11) is 0. The molecule has 0 spiro atoms.